The summed E-state index contributed by atoms with van der Waals surface area (Å²) in [6.45, 7) is 2.56. The van der Waals surface area contributed by atoms with Gasteiger partial charge in [-0.05, 0) is 19.8 Å². The Morgan fingerprint density at radius 1 is 1.04 bits per heavy atom. The predicted molar refractivity (Wildman–Crippen MR) is 94.2 cm³/mol. The van der Waals surface area contributed by atoms with Gasteiger partial charge in [-0.1, -0.05) is 32.1 Å². The van der Waals surface area contributed by atoms with Gasteiger partial charge in [0.2, 0.25) is 0 Å². The van der Waals surface area contributed by atoms with E-state index in [9.17, 15) is 14.7 Å². The smallest absolute Gasteiger partial charge is 0.332 e. The highest BCUT2D eigenvalue weighted by Crippen LogP contribution is 2.11. The molecule has 2 rings (SSSR count). The zero-order chi connectivity index (χ0) is 17.7. The summed E-state index contributed by atoms with van der Waals surface area (Å²) >= 11 is 0. The van der Waals surface area contributed by atoms with Crippen LogP contribution in [-0.4, -0.2) is 29.9 Å². The Kier molecular flexibility index (Phi) is 6.36. The van der Waals surface area contributed by atoms with Crippen molar-refractivity contribution in [1.29, 1.82) is 0 Å². The highest BCUT2D eigenvalue weighted by Gasteiger charge is 2.13. The Morgan fingerprint density at radius 3 is 2.33 bits per heavy atom. The molecule has 1 atom stereocenters. The first kappa shape index (κ1) is 18.4. The molecule has 0 aromatic carbocycles. The van der Waals surface area contributed by atoms with Crippen molar-refractivity contribution in [2.24, 2.45) is 14.1 Å². The van der Waals surface area contributed by atoms with Crippen molar-refractivity contribution in [1.82, 2.24) is 18.7 Å². The van der Waals surface area contributed by atoms with Crippen molar-refractivity contribution in [3.8, 4) is 0 Å². The van der Waals surface area contributed by atoms with Crippen LogP contribution < -0.4 is 11.2 Å². The summed E-state index contributed by atoms with van der Waals surface area (Å²) in [5, 5.41) is 9.21. The molecule has 0 radical (unpaired) electrons. The third kappa shape index (κ3) is 4.14. The van der Waals surface area contributed by atoms with E-state index in [1.165, 1.54) is 18.0 Å². The minimum absolute atomic E-state index is 0.196. The van der Waals surface area contributed by atoms with Crippen molar-refractivity contribution < 1.29 is 5.11 Å². The van der Waals surface area contributed by atoms with E-state index in [-0.39, 0.29) is 17.4 Å². The van der Waals surface area contributed by atoms with Crippen LogP contribution >= 0.6 is 0 Å². The summed E-state index contributed by atoms with van der Waals surface area (Å²) in [5.41, 5.74) is 0.302. The average molecular weight is 336 g/mol. The lowest BCUT2D eigenvalue weighted by Crippen LogP contribution is -2.37. The molecule has 2 aromatic rings. The van der Waals surface area contributed by atoms with Gasteiger partial charge < -0.3 is 9.67 Å². The van der Waals surface area contributed by atoms with Crippen molar-refractivity contribution in [2.45, 2.75) is 64.5 Å². The number of nitrogens with zero attached hydrogens (tertiary/aromatic N) is 4. The van der Waals surface area contributed by atoms with E-state index in [0.29, 0.717) is 11.2 Å². The zero-order valence-electron chi connectivity index (χ0n) is 14.9. The molecular formula is C17H28N4O3. The summed E-state index contributed by atoms with van der Waals surface area (Å²) in [6, 6.07) is 0. The van der Waals surface area contributed by atoms with Gasteiger partial charge in [0, 0.05) is 20.6 Å². The van der Waals surface area contributed by atoms with Crippen LogP contribution in [-0.2, 0) is 20.6 Å². The second-order valence-corrected chi connectivity index (χ2v) is 6.57. The maximum atomic E-state index is 12.3. The molecule has 0 saturated heterocycles. The van der Waals surface area contributed by atoms with E-state index in [0.717, 1.165) is 49.6 Å². The standard InChI is InChI=1S/C17H28N4O3/c1-13(22)10-8-6-4-5-7-9-11-21-12-18-15-14(21)16(23)20(3)17(24)19(15)2/h12-13,22H,4-11H2,1-3H3. The SMILES string of the molecule is CC(O)CCCCCCCCn1cnc2c1c(=O)n(C)c(=O)n2C. The molecule has 7 nitrogen and oxygen atoms in total. The van der Waals surface area contributed by atoms with E-state index >= 15 is 0 Å². The molecule has 0 saturated carbocycles. The number of aromatic nitrogens is 4. The van der Waals surface area contributed by atoms with E-state index in [4.69, 9.17) is 0 Å². The first-order chi connectivity index (χ1) is 11.4. The summed E-state index contributed by atoms with van der Waals surface area (Å²) in [4.78, 5) is 28.4. The van der Waals surface area contributed by atoms with Crippen LogP contribution in [0.15, 0.2) is 15.9 Å². The van der Waals surface area contributed by atoms with Gasteiger partial charge in [0.1, 0.15) is 0 Å². The maximum absolute atomic E-state index is 12.3. The van der Waals surface area contributed by atoms with E-state index < -0.39 is 0 Å². The highest BCUT2D eigenvalue weighted by molar-refractivity contribution is 5.69. The summed E-state index contributed by atoms with van der Waals surface area (Å²) in [5.74, 6) is 0. The monoisotopic (exact) mass is 336 g/mol. The van der Waals surface area contributed by atoms with Gasteiger partial charge in [0.05, 0.1) is 12.4 Å². The summed E-state index contributed by atoms with van der Waals surface area (Å²) < 4.78 is 4.39. The van der Waals surface area contributed by atoms with Crippen LogP contribution in [0.3, 0.4) is 0 Å². The van der Waals surface area contributed by atoms with Gasteiger partial charge in [-0.15, -0.1) is 0 Å². The molecule has 0 aliphatic carbocycles. The van der Waals surface area contributed by atoms with Gasteiger partial charge in [-0.25, -0.2) is 9.78 Å². The molecule has 2 aromatic heterocycles. The van der Waals surface area contributed by atoms with Crippen LogP contribution in [0.25, 0.3) is 11.2 Å². The van der Waals surface area contributed by atoms with Gasteiger partial charge in [0.25, 0.3) is 5.56 Å². The molecule has 24 heavy (non-hydrogen) atoms. The fourth-order valence-corrected chi connectivity index (χ4v) is 3.00. The van der Waals surface area contributed by atoms with Crippen molar-refractivity contribution in [3.63, 3.8) is 0 Å². The number of imidazole rings is 1. The Hall–Kier alpha value is -1.89. The number of aliphatic hydroxyl groups excluding tert-OH is 1. The molecule has 1 unspecified atom stereocenters. The molecule has 1 N–H and O–H groups in total. The lowest BCUT2D eigenvalue weighted by Gasteiger charge is -2.07. The topological polar surface area (TPSA) is 82.1 Å². The van der Waals surface area contributed by atoms with E-state index in [2.05, 4.69) is 4.98 Å². The van der Waals surface area contributed by atoms with E-state index in [1.807, 2.05) is 11.5 Å². The molecule has 2 heterocycles. The fraction of sp³-hybridized carbons (Fsp3) is 0.706. The molecule has 0 aliphatic heterocycles. The average Bonchev–Trinajstić information content (AvgIpc) is 2.97. The lowest BCUT2D eigenvalue weighted by molar-refractivity contribution is 0.180. The highest BCUT2D eigenvalue weighted by atomic mass is 16.3. The maximum Gasteiger partial charge on any atom is 0.332 e. The van der Waals surface area contributed by atoms with Crippen LogP contribution in [0.4, 0.5) is 0 Å². The summed E-state index contributed by atoms with van der Waals surface area (Å²) in [6.07, 6.45) is 8.97. The second kappa shape index (κ2) is 8.28. The third-order valence-electron chi connectivity index (χ3n) is 4.49. The van der Waals surface area contributed by atoms with Crippen LogP contribution in [0.1, 0.15) is 51.9 Å². The van der Waals surface area contributed by atoms with E-state index in [1.54, 1.807) is 13.4 Å². The molecule has 0 amide bonds. The predicted octanol–water partition coefficient (Wildman–Crippen LogP) is 1.55. The molecule has 134 valence electrons. The number of fused-ring (bicyclic) bond motifs is 1. The van der Waals surface area contributed by atoms with Crippen LogP contribution in [0.2, 0.25) is 0 Å². The molecule has 0 spiro atoms. The van der Waals surface area contributed by atoms with Gasteiger partial charge in [0.15, 0.2) is 11.2 Å². The Balaban J connectivity index is 1.88. The van der Waals surface area contributed by atoms with Crippen molar-refractivity contribution >= 4 is 11.2 Å². The van der Waals surface area contributed by atoms with Crippen molar-refractivity contribution in [2.75, 3.05) is 0 Å². The number of hydrogen-bond acceptors (Lipinski definition) is 4. The Bertz CT molecular complexity index is 785. The molecule has 0 bridgehead atoms. The quantitative estimate of drug-likeness (QED) is 0.704. The molecule has 0 fully saturated rings. The largest absolute Gasteiger partial charge is 0.393 e. The molecule has 7 heteroatoms. The van der Waals surface area contributed by atoms with Gasteiger partial charge in [-0.2, -0.15) is 0 Å². The Morgan fingerprint density at radius 2 is 1.67 bits per heavy atom. The minimum atomic E-state index is -0.352. The van der Waals surface area contributed by atoms with Crippen LogP contribution in [0.5, 0.6) is 0 Å². The van der Waals surface area contributed by atoms with Gasteiger partial charge >= 0.3 is 5.69 Å². The molecular weight excluding hydrogens is 308 g/mol. The number of hydrogen-bond donors (Lipinski definition) is 1. The Labute approximate surface area is 141 Å². The zero-order valence-corrected chi connectivity index (χ0v) is 14.9. The second-order valence-electron chi connectivity index (χ2n) is 6.57. The number of aryl methyl sites for hydroxylation is 2. The number of aliphatic hydroxyl groups is 1. The first-order valence-corrected chi connectivity index (χ1v) is 8.72. The summed E-state index contributed by atoms with van der Waals surface area (Å²) in [7, 11) is 3.13. The lowest BCUT2D eigenvalue weighted by atomic mass is 10.1. The normalized spacial score (nSPS) is 12.8. The first-order valence-electron chi connectivity index (χ1n) is 8.72. The third-order valence-corrected chi connectivity index (χ3v) is 4.49. The number of unbranched alkanes of at least 4 members (excludes halogenated alkanes) is 5. The number of rotatable bonds is 9. The minimum Gasteiger partial charge on any atom is -0.393 e. The van der Waals surface area contributed by atoms with Gasteiger partial charge in [-0.3, -0.25) is 13.9 Å². The molecule has 0 aliphatic rings. The van der Waals surface area contributed by atoms with Crippen molar-refractivity contribution in [3.05, 3.63) is 27.2 Å². The fourth-order valence-electron chi connectivity index (χ4n) is 3.00. The van der Waals surface area contributed by atoms with Crippen LogP contribution in [0, 0.1) is 0 Å².